The van der Waals surface area contributed by atoms with Crippen LogP contribution >= 0.6 is 0 Å². The van der Waals surface area contributed by atoms with Gasteiger partial charge in [-0.25, -0.2) is 4.79 Å². The highest BCUT2D eigenvalue weighted by Crippen LogP contribution is 2.17. The second kappa shape index (κ2) is 16.8. The maximum atomic E-state index is 11.6. The molecule has 0 aromatic rings. The number of hydrogen-bond acceptors (Lipinski definition) is 3. The highest BCUT2D eigenvalue weighted by atomic mass is 17.2. The maximum absolute atomic E-state index is 11.6. The fourth-order valence-electron chi connectivity index (χ4n) is 2.87. The van der Waals surface area contributed by atoms with Gasteiger partial charge in [0.1, 0.15) is 0 Å². The maximum Gasteiger partial charge on any atom is 0.345 e. The van der Waals surface area contributed by atoms with Gasteiger partial charge in [-0.1, -0.05) is 90.9 Å². The molecule has 0 fully saturated rings. The fraction of sp³-hybridized carbons (Fsp3) is 0.947. The molecule has 0 radical (unpaired) electrons. The molecule has 0 saturated heterocycles. The van der Waals surface area contributed by atoms with Gasteiger partial charge in [-0.05, 0) is 12.8 Å². The first-order chi connectivity index (χ1) is 10.8. The van der Waals surface area contributed by atoms with Crippen LogP contribution in [0.2, 0.25) is 0 Å². The van der Waals surface area contributed by atoms with Crippen molar-refractivity contribution in [1.82, 2.24) is 0 Å². The summed E-state index contributed by atoms with van der Waals surface area (Å²) in [4.78, 5) is 20.6. The van der Waals surface area contributed by atoms with E-state index in [9.17, 15) is 4.79 Å². The average Bonchev–Trinajstić information content (AvgIpc) is 2.52. The Bertz CT molecular complexity index is 241. The monoisotopic (exact) mass is 314 g/mol. The zero-order valence-electron chi connectivity index (χ0n) is 15.2. The van der Waals surface area contributed by atoms with Gasteiger partial charge in [0, 0.05) is 0 Å². The van der Waals surface area contributed by atoms with Crippen molar-refractivity contribution in [3.8, 4) is 0 Å². The third kappa shape index (κ3) is 13.1. The molecule has 0 aliphatic heterocycles. The molecular weight excluding hydrogens is 276 g/mol. The molecule has 0 aromatic carbocycles. The number of unbranched alkanes of at least 4 members (excludes halogenated alkanes) is 11. The zero-order chi connectivity index (χ0) is 16.5. The number of rotatable bonds is 16. The van der Waals surface area contributed by atoms with Crippen molar-refractivity contribution in [2.24, 2.45) is 5.92 Å². The summed E-state index contributed by atoms with van der Waals surface area (Å²) in [5.41, 5.74) is 0. The van der Waals surface area contributed by atoms with Crippen LogP contribution in [0.15, 0.2) is 0 Å². The molecule has 0 aliphatic carbocycles. The summed E-state index contributed by atoms with van der Waals surface area (Å²) in [5, 5.41) is 0. The molecule has 0 amide bonds. The largest absolute Gasteiger partial charge is 0.345 e. The van der Waals surface area contributed by atoms with Gasteiger partial charge < -0.3 is 0 Å². The normalized spacial score (nSPS) is 12.3. The Morgan fingerprint density at radius 3 is 1.64 bits per heavy atom. The minimum atomic E-state index is -0.215. The van der Waals surface area contributed by atoms with E-state index in [1.54, 1.807) is 0 Å². The van der Waals surface area contributed by atoms with E-state index < -0.39 is 0 Å². The van der Waals surface area contributed by atoms with Gasteiger partial charge in [0.25, 0.3) is 0 Å². The van der Waals surface area contributed by atoms with Crippen molar-refractivity contribution in [1.29, 1.82) is 0 Å². The molecule has 0 spiro atoms. The van der Waals surface area contributed by atoms with Crippen LogP contribution in [0, 0.1) is 5.92 Å². The Hall–Kier alpha value is -0.570. The summed E-state index contributed by atoms with van der Waals surface area (Å²) >= 11 is 0. The third-order valence-electron chi connectivity index (χ3n) is 4.40. The van der Waals surface area contributed by atoms with Crippen LogP contribution in [-0.2, 0) is 14.6 Å². The van der Waals surface area contributed by atoms with Gasteiger partial charge >= 0.3 is 5.97 Å². The molecule has 1 unspecified atom stereocenters. The molecule has 22 heavy (non-hydrogen) atoms. The summed E-state index contributed by atoms with van der Waals surface area (Å²) in [6, 6.07) is 0. The molecule has 0 bridgehead atoms. The van der Waals surface area contributed by atoms with Crippen LogP contribution in [0.1, 0.15) is 104 Å². The average molecular weight is 315 g/mol. The van der Waals surface area contributed by atoms with Crippen molar-refractivity contribution in [3.63, 3.8) is 0 Å². The van der Waals surface area contributed by atoms with Crippen LogP contribution in [-0.4, -0.2) is 13.1 Å². The Morgan fingerprint density at radius 2 is 1.23 bits per heavy atom. The van der Waals surface area contributed by atoms with E-state index in [0.717, 1.165) is 19.3 Å². The first-order valence-electron chi connectivity index (χ1n) is 9.50. The van der Waals surface area contributed by atoms with Crippen molar-refractivity contribution in [2.75, 3.05) is 7.11 Å². The molecule has 3 heteroatoms. The molecule has 0 rings (SSSR count). The molecule has 0 N–H and O–H groups in total. The summed E-state index contributed by atoms with van der Waals surface area (Å²) in [6.45, 7) is 4.30. The van der Waals surface area contributed by atoms with E-state index in [4.69, 9.17) is 0 Å². The van der Waals surface area contributed by atoms with Crippen LogP contribution < -0.4 is 0 Å². The molecule has 0 saturated carbocycles. The van der Waals surface area contributed by atoms with E-state index in [2.05, 4.69) is 16.7 Å². The second-order valence-electron chi connectivity index (χ2n) is 6.35. The van der Waals surface area contributed by atoms with E-state index in [-0.39, 0.29) is 11.9 Å². The number of hydrogen-bond donors (Lipinski definition) is 0. The summed E-state index contributed by atoms with van der Waals surface area (Å²) < 4.78 is 0. The summed E-state index contributed by atoms with van der Waals surface area (Å²) in [5.74, 6) is -0.212. The lowest BCUT2D eigenvalue weighted by molar-refractivity contribution is -0.259. The molecule has 0 aromatic heterocycles. The quantitative estimate of drug-likeness (QED) is 0.193. The Morgan fingerprint density at radius 1 is 0.773 bits per heavy atom. The second-order valence-corrected chi connectivity index (χ2v) is 6.35. The highest BCUT2D eigenvalue weighted by Gasteiger charge is 2.18. The van der Waals surface area contributed by atoms with E-state index in [1.807, 2.05) is 6.92 Å². The fourth-order valence-corrected chi connectivity index (χ4v) is 2.87. The van der Waals surface area contributed by atoms with Gasteiger partial charge in [0.2, 0.25) is 0 Å². The lowest BCUT2D eigenvalue weighted by Gasteiger charge is -2.11. The molecular formula is C19H38O3. The number of carbonyl (C=O) groups excluding carboxylic acids is 1. The lowest BCUT2D eigenvalue weighted by Crippen LogP contribution is -2.16. The van der Waals surface area contributed by atoms with Crippen molar-refractivity contribution in [3.05, 3.63) is 0 Å². The Balaban J connectivity index is 3.30. The van der Waals surface area contributed by atoms with Gasteiger partial charge in [-0.3, -0.25) is 4.89 Å². The third-order valence-corrected chi connectivity index (χ3v) is 4.40. The molecule has 0 aliphatic rings. The smallest absolute Gasteiger partial charge is 0.298 e. The predicted molar refractivity (Wildman–Crippen MR) is 92.6 cm³/mol. The SMILES string of the molecule is CCCCCCCCCCCCCCC(CC)C(=O)OOC. The Kier molecular flexibility index (Phi) is 16.4. The molecule has 1 atom stereocenters. The van der Waals surface area contributed by atoms with Gasteiger partial charge in [0.15, 0.2) is 0 Å². The van der Waals surface area contributed by atoms with Gasteiger partial charge in [-0.15, -0.1) is 0 Å². The van der Waals surface area contributed by atoms with Crippen LogP contribution in [0.4, 0.5) is 0 Å². The minimum absolute atomic E-state index is 0.00284. The molecule has 132 valence electrons. The first kappa shape index (κ1) is 21.4. The van der Waals surface area contributed by atoms with Crippen LogP contribution in [0.25, 0.3) is 0 Å². The zero-order valence-corrected chi connectivity index (χ0v) is 15.2. The molecule has 3 nitrogen and oxygen atoms in total. The van der Waals surface area contributed by atoms with E-state index in [1.165, 1.54) is 77.7 Å². The van der Waals surface area contributed by atoms with E-state index in [0.29, 0.717) is 0 Å². The standard InChI is InChI=1S/C19H38O3/c1-4-6-7-8-9-10-11-12-13-14-15-16-17-18(5-2)19(20)22-21-3/h18H,4-17H2,1-3H3. The first-order valence-corrected chi connectivity index (χ1v) is 9.50. The minimum Gasteiger partial charge on any atom is -0.298 e. The predicted octanol–water partition coefficient (Wildman–Crippen LogP) is 6.21. The van der Waals surface area contributed by atoms with E-state index >= 15 is 0 Å². The highest BCUT2D eigenvalue weighted by molar-refractivity contribution is 5.71. The summed E-state index contributed by atoms with van der Waals surface area (Å²) in [7, 11) is 1.38. The lowest BCUT2D eigenvalue weighted by atomic mass is 9.98. The molecule has 0 heterocycles. The van der Waals surface area contributed by atoms with Crippen molar-refractivity contribution < 1.29 is 14.6 Å². The van der Waals surface area contributed by atoms with Gasteiger partial charge in [0.05, 0.1) is 13.0 Å². The Labute approximate surface area is 138 Å². The summed E-state index contributed by atoms with van der Waals surface area (Å²) in [6.07, 6.45) is 17.9. The van der Waals surface area contributed by atoms with Crippen molar-refractivity contribution >= 4 is 5.97 Å². The van der Waals surface area contributed by atoms with Crippen LogP contribution in [0.5, 0.6) is 0 Å². The van der Waals surface area contributed by atoms with Crippen molar-refractivity contribution in [2.45, 2.75) is 104 Å². The van der Waals surface area contributed by atoms with Crippen LogP contribution in [0.3, 0.4) is 0 Å². The topological polar surface area (TPSA) is 35.5 Å². The van der Waals surface area contributed by atoms with Gasteiger partial charge in [-0.2, -0.15) is 4.89 Å². The number of carbonyl (C=O) groups is 1.